The van der Waals surface area contributed by atoms with Crippen LogP contribution in [0.2, 0.25) is 0 Å². The van der Waals surface area contributed by atoms with Gasteiger partial charge in [0.05, 0.1) is 13.2 Å². The maximum absolute atomic E-state index is 11.2. The van der Waals surface area contributed by atoms with E-state index < -0.39 is 5.91 Å². The number of rotatable bonds is 5. The lowest BCUT2D eigenvalue weighted by Gasteiger charge is -2.11. The molecule has 0 bridgehead atoms. The van der Waals surface area contributed by atoms with Crippen molar-refractivity contribution in [1.82, 2.24) is 5.48 Å². The molecule has 88 valence electrons. The molecule has 0 saturated heterocycles. The van der Waals surface area contributed by atoms with Crippen LogP contribution in [0.3, 0.4) is 0 Å². The van der Waals surface area contributed by atoms with Crippen LogP contribution in [0.5, 0.6) is 11.5 Å². The lowest BCUT2D eigenvalue weighted by Crippen LogP contribution is -2.18. The fraction of sp³-hybridized carbons (Fsp3) is 0.364. The Morgan fingerprint density at radius 2 is 1.88 bits per heavy atom. The summed E-state index contributed by atoms with van der Waals surface area (Å²) >= 11 is 0. The van der Waals surface area contributed by atoms with Gasteiger partial charge in [-0.25, -0.2) is 5.48 Å². The summed E-state index contributed by atoms with van der Waals surface area (Å²) in [6.07, 6.45) is 0. The van der Waals surface area contributed by atoms with Crippen molar-refractivity contribution in [3.05, 3.63) is 23.8 Å². The van der Waals surface area contributed by atoms with E-state index in [0.29, 0.717) is 30.3 Å². The van der Waals surface area contributed by atoms with Gasteiger partial charge in [0.25, 0.3) is 5.91 Å². The van der Waals surface area contributed by atoms with Crippen molar-refractivity contribution in [2.75, 3.05) is 13.2 Å². The Kier molecular flexibility index (Phi) is 4.60. The third-order valence-corrected chi connectivity index (χ3v) is 1.91. The van der Waals surface area contributed by atoms with E-state index in [1.165, 1.54) is 6.07 Å². The molecule has 0 heterocycles. The number of amides is 1. The van der Waals surface area contributed by atoms with Crippen LogP contribution in [-0.4, -0.2) is 24.3 Å². The first-order valence-electron chi connectivity index (χ1n) is 5.07. The van der Waals surface area contributed by atoms with Gasteiger partial charge >= 0.3 is 0 Å². The molecule has 1 rings (SSSR count). The lowest BCUT2D eigenvalue weighted by atomic mass is 10.2. The van der Waals surface area contributed by atoms with E-state index >= 15 is 0 Å². The first kappa shape index (κ1) is 12.3. The molecule has 0 saturated carbocycles. The second kappa shape index (κ2) is 5.97. The van der Waals surface area contributed by atoms with Crippen molar-refractivity contribution < 1.29 is 19.5 Å². The van der Waals surface area contributed by atoms with Gasteiger partial charge in [0, 0.05) is 5.56 Å². The Hall–Kier alpha value is -1.75. The quantitative estimate of drug-likeness (QED) is 0.590. The second-order valence-electron chi connectivity index (χ2n) is 2.97. The zero-order valence-electron chi connectivity index (χ0n) is 9.32. The summed E-state index contributed by atoms with van der Waals surface area (Å²) in [4.78, 5) is 11.2. The Bertz CT molecular complexity index is 365. The van der Waals surface area contributed by atoms with Crippen LogP contribution in [0, 0.1) is 0 Å². The molecule has 0 atom stereocenters. The first-order valence-corrected chi connectivity index (χ1v) is 5.07. The zero-order valence-corrected chi connectivity index (χ0v) is 9.32. The van der Waals surface area contributed by atoms with Crippen LogP contribution in [0.25, 0.3) is 0 Å². The molecule has 0 fully saturated rings. The summed E-state index contributed by atoms with van der Waals surface area (Å²) in [5, 5.41) is 8.51. The van der Waals surface area contributed by atoms with Crippen LogP contribution in [0.4, 0.5) is 0 Å². The van der Waals surface area contributed by atoms with Gasteiger partial charge in [-0.3, -0.25) is 10.0 Å². The van der Waals surface area contributed by atoms with Gasteiger partial charge in [-0.15, -0.1) is 0 Å². The largest absolute Gasteiger partial charge is 0.490 e. The van der Waals surface area contributed by atoms with Crippen LogP contribution < -0.4 is 15.0 Å². The van der Waals surface area contributed by atoms with Crippen LogP contribution in [0.15, 0.2) is 18.2 Å². The SMILES string of the molecule is CCOc1ccc(C(=O)NO)cc1OCC. The van der Waals surface area contributed by atoms with Gasteiger partial charge in [-0.1, -0.05) is 0 Å². The molecule has 0 aromatic heterocycles. The average Bonchev–Trinajstić information content (AvgIpc) is 2.31. The normalized spacial score (nSPS) is 9.69. The summed E-state index contributed by atoms with van der Waals surface area (Å²) in [6, 6.07) is 4.72. The average molecular weight is 225 g/mol. The summed E-state index contributed by atoms with van der Waals surface area (Å²) in [6.45, 7) is 4.70. The van der Waals surface area contributed by atoms with E-state index in [4.69, 9.17) is 14.7 Å². The molecule has 0 spiro atoms. The summed E-state index contributed by atoms with van der Waals surface area (Å²) in [7, 11) is 0. The number of hydrogen-bond donors (Lipinski definition) is 2. The van der Waals surface area contributed by atoms with Crippen LogP contribution in [-0.2, 0) is 0 Å². The number of hydroxylamine groups is 1. The van der Waals surface area contributed by atoms with E-state index in [-0.39, 0.29) is 0 Å². The van der Waals surface area contributed by atoms with Gasteiger partial charge in [-0.2, -0.15) is 0 Å². The topological polar surface area (TPSA) is 67.8 Å². The Balaban J connectivity index is 3.01. The molecular formula is C11H15NO4. The molecule has 5 heteroatoms. The minimum atomic E-state index is -0.580. The first-order chi connectivity index (χ1) is 7.72. The number of benzene rings is 1. The highest BCUT2D eigenvalue weighted by Crippen LogP contribution is 2.28. The molecule has 5 nitrogen and oxygen atoms in total. The van der Waals surface area contributed by atoms with Crippen molar-refractivity contribution in [3.63, 3.8) is 0 Å². The summed E-state index contributed by atoms with van der Waals surface area (Å²) in [5.74, 6) is 0.494. The van der Waals surface area contributed by atoms with Crippen molar-refractivity contribution in [1.29, 1.82) is 0 Å². The van der Waals surface area contributed by atoms with Crippen molar-refractivity contribution in [3.8, 4) is 11.5 Å². The van der Waals surface area contributed by atoms with E-state index in [2.05, 4.69) is 0 Å². The molecule has 0 aliphatic rings. The molecule has 0 radical (unpaired) electrons. The number of nitrogens with one attached hydrogen (secondary N) is 1. The number of hydrogen-bond acceptors (Lipinski definition) is 4. The fourth-order valence-corrected chi connectivity index (χ4v) is 1.26. The number of ether oxygens (including phenoxy) is 2. The minimum absolute atomic E-state index is 0.314. The van der Waals surface area contributed by atoms with Gasteiger partial charge in [0.15, 0.2) is 11.5 Å². The fourth-order valence-electron chi connectivity index (χ4n) is 1.26. The smallest absolute Gasteiger partial charge is 0.274 e. The van der Waals surface area contributed by atoms with E-state index in [1.807, 2.05) is 13.8 Å². The molecule has 1 aromatic rings. The molecule has 0 aliphatic carbocycles. The Morgan fingerprint density at radius 1 is 1.25 bits per heavy atom. The molecule has 0 unspecified atom stereocenters. The van der Waals surface area contributed by atoms with Crippen molar-refractivity contribution in [2.24, 2.45) is 0 Å². The third-order valence-electron chi connectivity index (χ3n) is 1.91. The lowest BCUT2D eigenvalue weighted by molar-refractivity contribution is 0.0706. The highest BCUT2D eigenvalue weighted by atomic mass is 16.5. The van der Waals surface area contributed by atoms with E-state index in [0.717, 1.165) is 0 Å². The van der Waals surface area contributed by atoms with Gasteiger partial charge < -0.3 is 9.47 Å². The van der Waals surface area contributed by atoms with Crippen LogP contribution in [0.1, 0.15) is 24.2 Å². The van der Waals surface area contributed by atoms with E-state index in [1.54, 1.807) is 17.6 Å². The molecule has 1 aromatic carbocycles. The third kappa shape index (κ3) is 2.87. The highest BCUT2D eigenvalue weighted by molar-refractivity contribution is 5.94. The van der Waals surface area contributed by atoms with Crippen molar-refractivity contribution in [2.45, 2.75) is 13.8 Å². The maximum atomic E-state index is 11.2. The van der Waals surface area contributed by atoms with Gasteiger partial charge in [0.1, 0.15) is 0 Å². The van der Waals surface area contributed by atoms with E-state index in [9.17, 15) is 4.79 Å². The van der Waals surface area contributed by atoms with Gasteiger partial charge in [0.2, 0.25) is 0 Å². The predicted molar refractivity (Wildman–Crippen MR) is 58.0 cm³/mol. The Labute approximate surface area is 93.9 Å². The zero-order chi connectivity index (χ0) is 12.0. The predicted octanol–water partition coefficient (Wildman–Crippen LogP) is 1.60. The molecule has 1 amide bonds. The monoisotopic (exact) mass is 225 g/mol. The highest BCUT2D eigenvalue weighted by Gasteiger charge is 2.10. The molecule has 16 heavy (non-hydrogen) atoms. The summed E-state index contributed by atoms with van der Waals surface area (Å²) in [5.41, 5.74) is 1.88. The standard InChI is InChI=1S/C11H15NO4/c1-3-15-9-6-5-8(11(13)12-14)7-10(9)16-4-2/h5-7,14H,3-4H2,1-2H3,(H,12,13). The Morgan fingerprint density at radius 3 is 2.44 bits per heavy atom. The number of carbonyl (C=O) groups is 1. The van der Waals surface area contributed by atoms with Crippen molar-refractivity contribution >= 4 is 5.91 Å². The number of carbonyl (C=O) groups excluding carboxylic acids is 1. The summed E-state index contributed by atoms with van der Waals surface area (Å²) < 4.78 is 10.7. The second-order valence-corrected chi connectivity index (χ2v) is 2.97. The minimum Gasteiger partial charge on any atom is -0.490 e. The maximum Gasteiger partial charge on any atom is 0.274 e. The van der Waals surface area contributed by atoms with Gasteiger partial charge in [-0.05, 0) is 32.0 Å². The molecule has 0 aliphatic heterocycles. The van der Waals surface area contributed by atoms with Crippen LogP contribution >= 0.6 is 0 Å². The molecule has 2 N–H and O–H groups in total. The molecular weight excluding hydrogens is 210 g/mol.